The van der Waals surface area contributed by atoms with E-state index in [4.69, 9.17) is 0 Å². The van der Waals surface area contributed by atoms with Gasteiger partial charge in [-0.05, 0) is 24.3 Å². The number of hydrogen-bond donors (Lipinski definition) is 2. The van der Waals surface area contributed by atoms with Crippen LogP contribution in [-0.4, -0.2) is 23.3 Å². The number of thioether (sulfide) groups is 1. The molecular weight excluding hydrogens is 268 g/mol. The maximum atomic E-state index is 4.41. The van der Waals surface area contributed by atoms with Crippen molar-refractivity contribution < 1.29 is 0 Å². The molecule has 0 amide bonds. The zero-order valence-electron chi connectivity index (χ0n) is 12.3. The summed E-state index contributed by atoms with van der Waals surface area (Å²) in [4.78, 5) is 9.90. The highest BCUT2D eigenvalue weighted by molar-refractivity contribution is 7.98. The molecule has 0 saturated carbocycles. The Hall–Kier alpha value is -1.75. The van der Waals surface area contributed by atoms with Gasteiger partial charge in [-0.25, -0.2) is 9.97 Å². The van der Waals surface area contributed by atoms with Gasteiger partial charge >= 0.3 is 0 Å². The van der Waals surface area contributed by atoms with Gasteiger partial charge in [0.05, 0.1) is 5.69 Å². The Bertz CT molecular complexity index is 584. The van der Waals surface area contributed by atoms with Crippen molar-refractivity contribution in [2.45, 2.75) is 24.7 Å². The summed E-state index contributed by atoms with van der Waals surface area (Å²) in [6.07, 6.45) is 3.66. The van der Waals surface area contributed by atoms with Crippen LogP contribution >= 0.6 is 11.8 Å². The molecule has 4 nitrogen and oxygen atoms in total. The fourth-order valence-electron chi connectivity index (χ4n) is 2.12. The molecule has 0 aliphatic heterocycles. The van der Waals surface area contributed by atoms with Crippen molar-refractivity contribution in [3.63, 3.8) is 0 Å². The number of hydrogen-bond acceptors (Lipinski definition) is 5. The Labute approximate surface area is 124 Å². The normalized spacial score (nSPS) is 10.7. The van der Waals surface area contributed by atoms with E-state index in [0.717, 1.165) is 22.9 Å². The molecule has 0 aliphatic carbocycles. The first-order valence-electron chi connectivity index (χ1n) is 6.60. The van der Waals surface area contributed by atoms with Crippen LogP contribution in [-0.2, 0) is 0 Å². The molecule has 2 rings (SSSR count). The van der Waals surface area contributed by atoms with Crippen LogP contribution in [0.3, 0.4) is 0 Å². The standard InChI is InChI=1S/C15H20N4S/c1-10(2)13-14(16-3)17-9-18-15(13)19-11-7-5-6-8-12(11)20-4/h5-10H,1-4H3,(H2,16,17,18,19). The Morgan fingerprint density at radius 3 is 2.45 bits per heavy atom. The second kappa shape index (κ2) is 6.61. The lowest BCUT2D eigenvalue weighted by molar-refractivity contribution is 0.852. The smallest absolute Gasteiger partial charge is 0.139 e. The first-order chi connectivity index (χ1) is 9.67. The van der Waals surface area contributed by atoms with Gasteiger partial charge in [-0.15, -0.1) is 11.8 Å². The number of para-hydroxylation sites is 1. The summed E-state index contributed by atoms with van der Waals surface area (Å²) in [5.74, 6) is 2.07. The van der Waals surface area contributed by atoms with E-state index in [-0.39, 0.29) is 0 Å². The Morgan fingerprint density at radius 2 is 1.80 bits per heavy atom. The van der Waals surface area contributed by atoms with Gasteiger partial charge in [-0.1, -0.05) is 26.0 Å². The Morgan fingerprint density at radius 1 is 1.10 bits per heavy atom. The van der Waals surface area contributed by atoms with Crippen molar-refractivity contribution in [1.29, 1.82) is 0 Å². The van der Waals surface area contributed by atoms with Crippen molar-refractivity contribution >= 4 is 29.1 Å². The van der Waals surface area contributed by atoms with E-state index in [2.05, 4.69) is 52.8 Å². The van der Waals surface area contributed by atoms with Crippen molar-refractivity contribution in [2.24, 2.45) is 0 Å². The molecular formula is C15H20N4S. The lowest BCUT2D eigenvalue weighted by atomic mass is 10.0. The van der Waals surface area contributed by atoms with Gasteiger partial charge in [0.2, 0.25) is 0 Å². The molecule has 0 fully saturated rings. The molecule has 2 aromatic rings. The highest BCUT2D eigenvalue weighted by Gasteiger charge is 2.15. The van der Waals surface area contributed by atoms with E-state index >= 15 is 0 Å². The van der Waals surface area contributed by atoms with E-state index < -0.39 is 0 Å². The lowest BCUT2D eigenvalue weighted by Gasteiger charge is -2.17. The molecule has 20 heavy (non-hydrogen) atoms. The highest BCUT2D eigenvalue weighted by atomic mass is 32.2. The first kappa shape index (κ1) is 14.7. The lowest BCUT2D eigenvalue weighted by Crippen LogP contribution is -2.07. The van der Waals surface area contributed by atoms with Crippen LogP contribution in [0.4, 0.5) is 17.3 Å². The maximum Gasteiger partial charge on any atom is 0.139 e. The predicted molar refractivity (Wildman–Crippen MR) is 87.2 cm³/mol. The molecule has 0 aliphatic rings. The van der Waals surface area contributed by atoms with Gasteiger partial charge in [-0.2, -0.15) is 0 Å². The molecule has 1 heterocycles. The summed E-state index contributed by atoms with van der Waals surface area (Å²) < 4.78 is 0. The molecule has 0 saturated heterocycles. The minimum atomic E-state index is 0.336. The molecule has 0 unspecified atom stereocenters. The minimum Gasteiger partial charge on any atom is -0.373 e. The Kier molecular flexibility index (Phi) is 4.84. The maximum absolute atomic E-state index is 4.41. The predicted octanol–water partition coefficient (Wildman–Crippen LogP) is 4.11. The molecule has 0 spiro atoms. The van der Waals surface area contributed by atoms with Crippen molar-refractivity contribution in [3.05, 3.63) is 36.2 Å². The van der Waals surface area contributed by atoms with E-state index in [1.165, 1.54) is 4.90 Å². The van der Waals surface area contributed by atoms with E-state index in [1.54, 1.807) is 18.1 Å². The van der Waals surface area contributed by atoms with Gasteiger partial charge in [0.1, 0.15) is 18.0 Å². The number of benzene rings is 1. The third-order valence-electron chi connectivity index (χ3n) is 3.06. The fraction of sp³-hybridized carbons (Fsp3) is 0.333. The van der Waals surface area contributed by atoms with Crippen LogP contribution in [0.15, 0.2) is 35.5 Å². The molecule has 106 valence electrons. The second-order valence-corrected chi connectivity index (χ2v) is 5.56. The summed E-state index contributed by atoms with van der Waals surface area (Å²) in [5.41, 5.74) is 2.17. The van der Waals surface area contributed by atoms with Crippen molar-refractivity contribution in [3.8, 4) is 0 Å². The monoisotopic (exact) mass is 288 g/mol. The van der Waals surface area contributed by atoms with Gasteiger partial charge in [-0.3, -0.25) is 0 Å². The van der Waals surface area contributed by atoms with E-state index in [9.17, 15) is 0 Å². The van der Waals surface area contributed by atoms with Gasteiger partial charge in [0.25, 0.3) is 0 Å². The zero-order valence-corrected chi connectivity index (χ0v) is 13.1. The van der Waals surface area contributed by atoms with Gasteiger partial charge < -0.3 is 10.6 Å². The second-order valence-electron chi connectivity index (χ2n) is 4.71. The molecule has 1 aromatic carbocycles. The number of aromatic nitrogens is 2. The molecule has 2 N–H and O–H groups in total. The van der Waals surface area contributed by atoms with Crippen LogP contribution in [0.2, 0.25) is 0 Å². The van der Waals surface area contributed by atoms with E-state index in [1.807, 2.05) is 19.2 Å². The molecule has 0 bridgehead atoms. The van der Waals surface area contributed by atoms with Gasteiger partial charge in [0, 0.05) is 17.5 Å². The van der Waals surface area contributed by atoms with Crippen molar-refractivity contribution in [1.82, 2.24) is 9.97 Å². The topological polar surface area (TPSA) is 49.8 Å². The molecule has 0 radical (unpaired) electrons. The van der Waals surface area contributed by atoms with Crippen LogP contribution in [0, 0.1) is 0 Å². The van der Waals surface area contributed by atoms with Crippen LogP contribution < -0.4 is 10.6 Å². The molecule has 5 heteroatoms. The Balaban J connectivity index is 2.43. The summed E-state index contributed by atoms with van der Waals surface area (Å²) in [7, 11) is 1.88. The van der Waals surface area contributed by atoms with Gasteiger partial charge in [0.15, 0.2) is 0 Å². The third-order valence-corrected chi connectivity index (χ3v) is 3.85. The van der Waals surface area contributed by atoms with Crippen LogP contribution in [0.1, 0.15) is 25.3 Å². The first-order valence-corrected chi connectivity index (χ1v) is 7.82. The van der Waals surface area contributed by atoms with Crippen LogP contribution in [0.5, 0.6) is 0 Å². The zero-order chi connectivity index (χ0) is 14.5. The summed E-state index contributed by atoms with van der Waals surface area (Å²) >= 11 is 1.72. The van der Waals surface area contributed by atoms with Crippen molar-refractivity contribution in [2.75, 3.05) is 23.9 Å². The molecule has 1 aromatic heterocycles. The van der Waals surface area contributed by atoms with Crippen LogP contribution in [0.25, 0.3) is 0 Å². The summed E-state index contributed by atoms with van der Waals surface area (Å²) in [6.45, 7) is 4.29. The third kappa shape index (κ3) is 3.04. The average molecular weight is 288 g/mol. The highest BCUT2D eigenvalue weighted by Crippen LogP contribution is 2.33. The minimum absolute atomic E-state index is 0.336. The number of anilines is 3. The molecule has 0 atom stereocenters. The largest absolute Gasteiger partial charge is 0.373 e. The average Bonchev–Trinajstić information content (AvgIpc) is 2.47. The quantitative estimate of drug-likeness (QED) is 0.811. The number of rotatable bonds is 5. The summed E-state index contributed by atoms with van der Waals surface area (Å²) in [5, 5.41) is 6.57. The SMILES string of the molecule is CNc1ncnc(Nc2ccccc2SC)c1C(C)C. The van der Waals surface area contributed by atoms with E-state index in [0.29, 0.717) is 5.92 Å². The number of nitrogens with one attached hydrogen (secondary N) is 2. The fourth-order valence-corrected chi connectivity index (χ4v) is 2.67. The summed E-state index contributed by atoms with van der Waals surface area (Å²) in [6, 6.07) is 8.23. The number of nitrogens with zero attached hydrogens (tertiary/aromatic N) is 2.